The van der Waals surface area contributed by atoms with Crippen molar-refractivity contribution in [3.63, 3.8) is 0 Å². The topological polar surface area (TPSA) is 151 Å². The van der Waals surface area contributed by atoms with Crippen molar-refractivity contribution in [3.05, 3.63) is 0 Å². The molecule has 2 rings (SSSR count). The van der Waals surface area contributed by atoms with Gasteiger partial charge in [0.1, 0.15) is 6.61 Å². The number of methoxy groups -OCH3 is 1. The molecule has 0 aromatic carbocycles. The molecule has 2 aliphatic rings. The minimum Gasteiger partial charge on any atom is -0.353 e. The third-order valence-corrected chi connectivity index (χ3v) is 7.87. The summed E-state index contributed by atoms with van der Waals surface area (Å²) < 4.78 is 49.5. The van der Waals surface area contributed by atoms with Crippen molar-refractivity contribution in [1.29, 1.82) is 0 Å². The van der Waals surface area contributed by atoms with E-state index in [1.165, 1.54) is 7.11 Å². The predicted octanol–water partition coefficient (Wildman–Crippen LogP) is -0.190. The van der Waals surface area contributed by atoms with Crippen molar-refractivity contribution in [2.45, 2.75) is 43.3 Å². The van der Waals surface area contributed by atoms with Gasteiger partial charge in [-0.3, -0.25) is 27.9 Å². The van der Waals surface area contributed by atoms with E-state index in [2.05, 4.69) is 10.6 Å². The molecule has 2 aliphatic heterocycles. The number of nitrogens with zero attached hydrogens (tertiary/aromatic N) is 2. The number of phosphoric acid groups is 2. The third-order valence-electron chi connectivity index (χ3n) is 5.94. The fourth-order valence-electron chi connectivity index (χ4n) is 3.84. The molecule has 7 atom stereocenters. The molecule has 0 spiro atoms. The zero-order chi connectivity index (χ0) is 23.9. The van der Waals surface area contributed by atoms with Crippen LogP contribution in [-0.2, 0) is 32.0 Å². The minimum absolute atomic E-state index is 0.00504. The van der Waals surface area contributed by atoms with Gasteiger partial charge in [-0.2, -0.15) is 0 Å². The first-order valence-electron chi connectivity index (χ1n) is 10.5. The first-order chi connectivity index (χ1) is 15.0. The number of rotatable bonds is 14. The summed E-state index contributed by atoms with van der Waals surface area (Å²) in [5.74, 6) is 0. The highest BCUT2D eigenvalue weighted by Gasteiger charge is 2.35. The molecule has 2 fully saturated rings. The summed E-state index contributed by atoms with van der Waals surface area (Å²) in [6, 6.07) is 0.481. The summed E-state index contributed by atoms with van der Waals surface area (Å²) in [5.41, 5.74) is 0. The minimum atomic E-state index is -4.48. The van der Waals surface area contributed by atoms with Gasteiger partial charge in [0.25, 0.3) is 0 Å². The normalized spacial score (nSPS) is 32.1. The number of hydrogen-bond acceptors (Lipinski definition) is 11. The van der Waals surface area contributed by atoms with Crippen molar-refractivity contribution in [3.8, 4) is 0 Å². The van der Waals surface area contributed by atoms with Crippen LogP contribution in [0.5, 0.6) is 0 Å². The van der Waals surface area contributed by atoms with Gasteiger partial charge < -0.3 is 25.2 Å². The van der Waals surface area contributed by atoms with Crippen molar-refractivity contribution < 1.29 is 41.7 Å². The lowest BCUT2D eigenvalue weighted by atomic mass is 10.2. The molecule has 0 amide bonds. The van der Waals surface area contributed by atoms with Gasteiger partial charge >= 0.3 is 15.6 Å². The van der Waals surface area contributed by atoms with Crippen LogP contribution >= 0.6 is 15.6 Å². The molecule has 0 bridgehead atoms. The Morgan fingerprint density at radius 2 is 1.38 bits per heavy atom. The van der Waals surface area contributed by atoms with Crippen LogP contribution in [0.4, 0.5) is 0 Å². The number of nitrogens with one attached hydrogen (secondary N) is 2. The summed E-state index contributed by atoms with van der Waals surface area (Å²) in [5, 5.41) is 6.33. The number of hydrogen-bond donors (Lipinski definition) is 4. The van der Waals surface area contributed by atoms with E-state index >= 15 is 0 Å². The Kier molecular flexibility index (Phi) is 11.2. The van der Waals surface area contributed by atoms with E-state index in [1.54, 1.807) is 0 Å². The summed E-state index contributed by atoms with van der Waals surface area (Å²) in [4.78, 5) is 24.0. The highest BCUT2D eigenvalue weighted by Crippen LogP contribution is 2.47. The van der Waals surface area contributed by atoms with Crippen LogP contribution in [0.25, 0.3) is 0 Å². The zero-order valence-corrected chi connectivity index (χ0v) is 21.2. The Hall–Kier alpha value is 0.0200. The smallest absolute Gasteiger partial charge is 0.353 e. The van der Waals surface area contributed by atoms with E-state index in [-0.39, 0.29) is 37.4 Å². The molecule has 32 heavy (non-hydrogen) atoms. The van der Waals surface area contributed by atoms with Crippen LogP contribution in [0.15, 0.2) is 0 Å². The summed E-state index contributed by atoms with van der Waals surface area (Å²) in [6.45, 7) is 1.00. The maximum atomic E-state index is 12.3. The molecule has 2 saturated heterocycles. The van der Waals surface area contributed by atoms with E-state index in [4.69, 9.17) is 22.8 Å². The number of likely N-dealkylation sites (tertiary alicyclic amines) is 2. The molecule has 15 heteroatoms. The van der Waals surface area contributed by atoms with Gasteiger partial charge in [0.15, 0.2) is 6.29 Å². The molecule has 13 nitrogen and oxygen atoms in total. The highest BCUT2D eigenvalue weighted by atomic mass is 31.2. The zero-order valence-electron chi connectivity index (χ0n) is 19.4. The molecule has 0 saturated carbocycles. The van der Waals surface area contributed by atoms with E-state index in [1.807, 2.05) is 38.0 Å². The van der Waals surface area contributed by atoms with E-state index < -0.39 is 28.5 Å². The molecule has 0 aliphatic carbocycles. The molecular formula is C17H38N4O9P2. The molecule has 0 aromatic heterocycles. The average Bonchev–Trinajstić information content (AvgIpc) is 3.29. The Labute approximate surface area is 189 Å². The van der Waals surface area contributed by atoms with Gasteiger partial charge in [-0.15, -0.1) is 0 Å². The monoisotopic (exact) mass is 504 g/mol. The molecule has 190 valence electrons. The standard InChI is InChI=1S/C17H38N4O9P2/c1-18-13-6-15(20(3)8-13)10-27-31(22,23)29-12-17(26-5)30-32(24,25)28-11-16-7-14(19-2)9-21(16)4/h13-19H,6-12H2,1-5H3,(H,22,23)(H,24,25)/t13-,14+,15+,16-,17?/m0/s1. The lowest BCUT2D eigenvalue weighted by molar-refractivity contribution is -0.0995. The Bertz CT molecular complexity index is 676. The molecule has 0 aromatic rings. The second-order valence-corrected chi connectivity index (χ2v) is 11.1. The van der Waals surface area contributed by atoms with Gasteiger partial charge in [-0.25, -0.2) is 9.13 Å². The lowest BCUT2D eigenvalue weighted by Gasteiger charge is -2.24. The molecule has 4 N–H and O–H groups in total. The van der Waals surface area contributed by atoms with Gasteiger partial charge in [-0.05, 0) is 41.0 Å². The molecule has 3 unspecified atom stereocenters. The quantitative estimate of drug-likeness (QED) is 0.183. The van der Waals surface area contributed by atoms with Crippen LogP contribution in [0.1, 0.15) is 12.8 Å². The fraction of sp³-hybridized carbons (Fsp3) is 1.00. The maximum Gasteiger partial charge on any atom is 0.474 e. The number of phosphoric ester groups is 2. The molecule has 2 heterocycles. The van der Waals surface area contributed by atoms with Crippen LogP contribution in [0.3, 0.4) is 0 Å². The summed E-state index contributed by atoms with van der Waals surface area (Å²) >= 11 is 0. The Balaban J connectivity index is 1.75. The van der Waals surface area contributed by atoms with Crippen LogP contribution in [-0.4, -0.2) is 118 Å². The van der Waals surface area contributed by atoms with E-state index in [9.17, 15) is 18.9 Å². The van der Waals surface area contributed by atoms with Crippen molar-refractivity contribution in [2.75, 3.05) is 68.2 Å². The van der Waals surface area contributed by atoms with E-state index in [0.717, 1.165) is 25.9 Å². The summed E-state index contributed by atoms with van der Waals surface area (Å²) in [6.07, 6.45) is 0.136. The van der Waals surface area contributed by atoms with Gasteiger partial charge in [-0.1, -0.05) is 0 Å². The van der Waals surface area contributed by atoms with Crippen LogP contribution in [0, 0.1) is 0 Å². The van der Waals surface area contributed by atoms with Gasteiger partial charge in [0.2, 0.25) is 0 Å². The molecular weight excluding hydrogens is 466 g/mol. The second-order valence-electron chi connectivity index (χ2n) is 8.22. The lowest BCUT2D eigenvalue weighted by Crippen LogP contribution is -2.30. The number of ether oxygens (including phenoxy) is 1. The van der Waals surface area contributed by atoms with Gasteiger partial charge in [0.05, 0.1) is 13.2 Å². The average molecular weight is 504 g/mol. The Morgan fingerprint density at radius 3 is 1.78 bits per heavy atom. The third kappa shape index (κ3) is 8.99. The fourth-order valence-corrected chi connectivity index (χ4v) is 5.45. The first kappa shape index (κ1) is 28.3. The van der Waals surface area contributed by atoms with E-state index in [0.29, 0.717) is 0 Å². The highest BCUT2D eigenvalue weighted by molar-refractivity contribution is 7.47. The van der Waals surface area contributed by atoms with Gasteiger partial charge in [0, 0.05) is 44.4 Å². The largest absolute Gasteiger partial charge is 0.474 e. The van der Waals surface area contributed by atoms with Crippen LogP contribution < -0.4 is 10.6 Å². The number of likely N-dealkylation sites (N-methyl/N-ethyl adjacent to an activating group) is 4. The Morgan fingerprint density at radius 1 is 0.906 bits per heavy atom. The van der Waals surface area contributed by atoms with Crippen molar-refractivity contribution >= 4 is 15.6 Å². The predicted molar refractivity (Wildman–Crippen MR) is 117 cm³/mol. The summed E-state index contributed by atoms with van der Waals surface area (Å²) in [7, 11) is -0.152. The van der Waals surface area contributed by atoms with Crippen molar-refractivity contribution in [1.82, 2.24) is 20.4 Å². The van der Waals surface area contributed by atoms with Crippen LogP contribution in [0.2, 0.25) is 0 Å². The first-order valence-corrected chi connectivity index (χ1v) is 13.5. The molecule has 0 radical (unpaired) electrons. The second kappa shape index (κ2) is 12.6. The van der Waals surface area contributed by atoms with Crippen molar-refractivity contribution in [2.24, 2.45) is 0 Å². The maximum absolute atomic E-state index is 12.3. The SMILES string of the molecule is CN[C@@H]1C[C@@H](COP(=O)(O)OC(COP(=O)(O)OC[C@H]2C[C@H](NC)CN2C)OC)N(C)C1.